The van der Waals surface area contributed by atoms with Gasteiger partial charge >= 0.3 is 0 Å². The Morgan fingerprint density at radius 3 is 2.75 bits per heavy atom. The third-order valence-electron chi connectivity index (χ3n) is 4.98. The maximum absolute atomic E-state index is 12.8. The molecule has 1 aromatic heterocycles. The molecule has 1 aromatic carbocycles. The van der Waals surface area contributed by atoms with Gasteiger partial charge in [-0.1, -0.05) is 12.1 Å². The van der Waals surface area contributed by atoms with E-state index >= 15 is 0 Å². The molecule has 1 saturated heterocycles. The van der Waals surface area contributed by atoms with E-state index in [0.29, 0.717) is 6.54 Å². The summed E-state index contributed by atoms with van der Waals surface area (Å²) in [6.07, 6.45) is 3.56. The summed E-state index contributed by atoms with van der Waals surface area (Å²) in [5.41, 5.74) is 4.01. The summed E-state index contributed by atoms with van der Waals surface area (Å²) in [7, 11) is 3.47. The van der Waals surface area contributed by atoms with Crippen LogP contribution in [0.5, 0.6) is 0 Å². The Balaban J connectivity index is 1.82. The van der Waals surface area contributed by atoms with E-state index in [1.165, 1.54) is 5.56 Å². The molecule has 0 aliphatic carbocycles. The van der Waals surface area contributed by atoms with E-state index in [-0.39, 0.29) is 24.3 Å². The first-order chi connectivity index (χ1) is 11.4. The molecule has 0 N–H and O–H groups in total. The van der Waals surface area contributed by atoms with Crippen LogP contribution in [-0.2, 0) is 16.0 Å². The number of furan rings is 1. The summed E-state index contributed by atoms with van der Waals surface area (Å²) in [6, 6.07) is 3.74. The Kier molecular flexibility index (Phi) is 4.35. The molecule has 1 aliphatic heterocycles. The van der Waals surface area contributed by atoms with Gasteiger partial charge in [-0.25, -0.2) is 0 Å². The summed E-state index contributed by atoms with van der Waals surface area (Å²) in [5.74, 6) is -0.00185. The number of carbonyl (C=O) groups is 2. The van der Waals surface area contributed by atoms with E-state index < -0.39 is 0 Å². The third kappa shape index (κ3) is 2.79. The molecule has 0 saturated carbocycles. The fourth-order valence-electron chi connectivity index (χ4n) is 3.41. The quantitative estimate of drug-likeness (QED) is 0.870. The molecule has 2 amide bonds. The first kappa shape index (κ1) is 16.6. The highest BCUT2D eigenvalue weighted by Gasteiger charge is 2.35. The zero-order valence-electron chi connectivity index (χ0n) is 14.8. The Morgan fingerprint density at radius 1 is 1.29 bits per heavy atom. The smallest absolute Gasteiger partial charge is 0.244 e. The van der Waals surface area contributed by atoms with Crippen LogP contribution in [0.25, 0.3) is 11.0 Å². The van der Waals surface area contributed by atoms with Crippen molar-refractivity contribution in [1.82, 2.24) is 9.80 Å². The number of aryl methyl sites for hydroxylation is 2. The maximum atomic E-state index is 12.8. The van der Waals surface area contributed by atoms with Crippen LogP contribution in [0, 0.1) is 13.8 Å². The molecule has 1 unspecified atom stereocenters. The lowest BCUT2D eigenvalue weighted by atomic mass is 10.0. The van der Waals surface area contributed by atoms with E-state index in [1.807, 2.05) is 19.9 Å². The molecule has 128 valence electrons. The van der Waals surface area contributed by atoms with Crippen molar-refractivity contribution < 1.29 is 14.0 Å². The second kappa shape index (κ2) is 6.30. The first-order valence-electron chi connectivity index (χ1n) is 8.37. The summed E-state index contributed by atoms with van der Waals surface area (Å²) >= 11 is 0. The highest BCUT2D eigenvalue weighted by molar-refractivity contribution is 5.92. The molecule has 3 rings (SSSR count). The molecule has 0 radical (unpaired) electrons. The van der Waals surface area contributed by atoms with Crippen LogP contribution in [0.4, 0.5) is 0 Å². The standard InChI is InChI=1S/C19H24N2O3/c1-12-7-8-15-14(11-24-18(15)13(12)2)10-17(22)21-9-5-6-16(21)19(23)20(3)4/h7-8,11,16H,5-6,9-10H2,1-4H3. The zero-order valence-corrected chi connectivity index (χ0v) is 14.8. The van der Waals surface area contributed by atoms with Crippen molar-refractivity contribution in [3.05, 3.63) is 35.1 Å². The van der Waals surface area contributed by atoms with Gasteiger partial charge in [-0.15, -0.1) is 0 Å². The Morgan fingerprint density at radius 2 is 2.04 bits per heavy atom. The molecule has 0 bridgehead atoms. The largest absolute Gasteiger partial charge is 0.464 e. The monoisotopic (exact) mass is 328 g/mol. The molecule has 1 aliphatic rings. The van der Waals surface area contributed by atoms with Gasteiger partial charge in [-0.05, 0) is 37.8 Å². The number of hydrogen-bond donors (Lipinski definition) is 0. The van der Waals surface area contributed by atoms with Crippen molar-refractivity contribution in [2.45, 2.75) is 39.2 Å². The number of benzene rings is 1. The summed E-state index contributed by atoms with van der Waals surface area (Å²) in [6.45, 7) is 4.72. The average Bonchev–Trinajstić information content (AvgIpc) is 3.17. The van der Waals surface area contributed by atoms with E-state index in [4.69, 9.17) is 4.42 Å². The van der Waals surface area contributed by atoms with Crippen molar-refractivity contribution in [2.75, 3.05) is 20.6 Å². The van der Waals surface area contributed by atoms with Crippen LogP contribution in [0.1, 0.15) is 29.5 Å². The number of nitrogens with zero attached hydrogens (tertiary/aromatic N) is 2. The molecular weight excluding hydrogens is 304 g/mol. The van der Waals surface area contributed by atoms with Gasteiger partial charge < -0.3 is 14.2 Å². The number of carbonyl (C=O) groups excluding carboxylic acids is 2. The number of amides is 2. The molecule has 0 spiro atoms. The van der Waals surface area contributed by atoms with Crippen molar-refractivity contribution in [3.63, 3.8) is 0 Å². The van der Waals surface area contributed by atoms with Crippen LogP contribution in [0.15, 0.2) is 22.8 Å². The predicted octanol–water partition coefficient (Wildman–Crippen LogP) is 2.67. The van der Waals surface area contributed by atoms with Gasteiger partial charge in [0.25, 0.3) is 0 Å². The van der Waals surface area contributed by atoms with Crippen molar-refractivity contribution in [1.29, 1.82) is 0 Å². The van der Waals surface area contributed by atoms with E-state index in [0.717, 1.165) is 34.9 Å². The lowest BCUT2D eigenvalue weighted by molar-refractivity contribution is -0.141. The van der Waals surface area contributed by atoms with Gasteiger partial charge in [0.15, 0.2) is 0 Å². The third-order valence-corrected chi connectivity index (χ3v) is 4.98. The number of likely N-dealkylation sites (N-methyl/N-ethyl adjacent to an activating group) is 1. The molecule has 5 heteroatoms. The van der Waals surface area contributed by atoms with Crippen LogP contribution in [0.3, 0.4) is 0 Å². The van der Waals surface area contributed by atoms with E-state index in [9.17, 15) is 9.59 Å². The average molecular weight is 328 g/mol. The Bertz CT molecular complexity index is 791. The topological polar surface area (TPSA) is 53.8 Å². The minimum atomic E-state index is -0.324. The van der Waals surface area contributed by atoms with Crippen LogP contribution < -0.4 is 0 Å². The lowest BCUT2D eigenvalue weighted by Crippen LogP contribution is -2.45. The predicted molar refractivity (Wildman–Crippen MR) is 92.8 cm³/mol. The van der Waals surface area contributed by atoms with Gasteiger partial charge in [-0.2, -0.15) is 0 Å². The number of fused-ring (bicyclic) bond motifs is 1. The van der Waals surface area contributed by atoms with Crippen LogP contribution in [-0.4, -0.2) is 48.3 Å². The number of rotatable bonds is 3. The Labute approximate surface area is 142 Å². The molecular formula is C19H24N2O3. The van der Waals surface area contributed by atoms with Gasteiger partial charge in [0.1, 0.15) is 11.6 Å². The zero-order chi connectivity index (χ0) is 17.4. The van der Waals surface area contributed by atoms with Crippen LogP contribution >= 0.6 is 0 Å². The van der Waals surface area contributed by atoms with Crippen molar-refractivity contribution in [3.8, 4) is 0 Å². The summed E-state index contributed by atoms with van der Waals surface area (Å²) in [4.78, 5) is 28.3. The molecule has 1 atom stereocenters. The fraction of sp³-hybridized carbons (Fsp3) is 0.474. The van der Waals surface area contributed by atoms with Gasteiger partial charge in [0.2, 0.25) is 11.8 Å². The highest BCUT2D eigenvalue weighted by atomic mass is 16.3. The van der Waals surface area contributed by atoms with E-state index in [2.05, 4.69) is 6.07 Å². The second-order valence-electron chi connectivity index (χ2n) is 6.80. The number of likely N-dealkylation sites (tertiary alicyclic amines) is 1. The van der Waals surface area contributed by atoms with E-state index in [1.54, 1.807) is 30.2 Å². The van der Waals surface area contributed by atoms with Crippen LogP contribution in [0.2, 0.25) is 0 Å². The second-order valence-corrected chi connectivity index (χ2v) is 6.80. The molecule has 5 nitrogen and oxygen atoms in total. The molecule has 2 heterocycles. The van der Waals surface area contributed by atoms with Gasteiger partial charge in [-0.3, -0.25) is 9.59 Å². The van der Waals surface area contributed by atoms with Crippen molar-refractivity contribution >= 4 is 22.8 Å². The minimum Gasteiger partial charge on any atom is -0.464 e. The molecule has 2 aromatic rings. The first-order valence-corrected chi connectivity index (χ1v) is 8.37. The fourth-order valence-corrected chi connectivity index (χ4v) is 3.41. The summed E-state index contributed by atoms with van der Waals surface area (Å²) < 4.78 is 5.69. The molecule has 24 heavy (non-hydrogen) atoms. The normalized spacial score (nSPS) is 17.5. The van der Waals surface area contributed by atoms with Gasteiger partial charge in [0, 0.05) is 31.6 Å². The highest BCUT2D eigenvalue weighted by Crippen LogP contribution is 2.28. The Hall–Kier alpha value is -2.30. The van der Waals surface area contributed by atoms with Gasteiger partial charge in [0.05, 0.1) is 12.7 Å². The molecule has 1 fully saturated rings. The minimum absolute atomic E-state index is 0.00405. The summed E-state index contributed by atoms with van der Waals surface area (Å²) in [5, 5.41) is 0.987. The number of hydrogen-bond acceptors (Lipinski definition) is 3. The SMILES string of the molecule is Cc1ccc2c(CC(=O)N3CCCC3C(=O)N(C)C)coc2c1C. The maximum Gasteiger partial charge on any atom is 0.244 e. The van der Waals surface area contributed by atoms with Crippen molar-refractivity contribution in [2.24, 2.45) is 0 Å². The lowest BCUT2D eigenvalue weighted by Gasteiger charge is -2.26.